The van der Waals surface area contributed by atoms with Gasteiger partial charge in [0.25, 0.3) is 0 Å². The van der Waals surface area contributed by atoms with Gasteiger partial charge in [0.1, 0.15) is 17.5 Å². The third-order valence-corrected chi connectivity index (χ3v) is 5.82. The van der Waals surface area contributed by atoms with Crippen LogP contribution in [-0.2, 0) is 0 Å². The predicted molar refractivity (Wildman–Crippen MR) is 116 cm³/mol. The van der Waals surface area contributed by atoms with Gasteiger partial charge in [0.05, 0.1) is 14.4 Å². The monoisotopic (exact) mass is 605 g/mol. The summed E-state index contributed by atoms with van der Waals surface area (Å²) < 4.78 is 20.4. The Labute approximate surface area is 240 Å². The van der Waals surface area contributed by atoms with Crippen LogP contribution in [0.5, 0.6) is 5.88 Å². The molecule has 0 amide bonds. The van der Waals surface area contributed by atoms with E-state index in [1.807, 2.05) is 18.9 Å². The number of nitro groups is 1. The molecule has 0 atom stereocenters. The summed E-state index contributed by atoms with van der Waals surface area (Å²) in [4.78, 5) is 17.4. The number of pyridine rings is 1. The standard InChI is InChI=1S/C18H19BrClFN4O3.Cs/c1-3-6-22-16-11-8-12(20)13(19)14(21)15(11)23-18(17(16)25(26)27)28-9-10-5-4-7-24(10)2;/h8-9H,3-7H2,1-2H3,(H,22,23);/b10-9-;. The van der Waals surface area contributed by atoms with Gasteiger partial charge in [-0.15, -0.1) is 0 Å². The molecule has 0 bridgehead atoms. The van der Waals surface area contributed by atoms with Gasteiger partial charge in [0.15, 0.2) is 5.82 Å². The molecule has 1 aromatic heterocycles. The van der Waals surface area contributed by atoms with E-state index in [1.54, 1.807) is 0 Å². The Hall–Kier alpha value is -0.0781. The summed E-state index contributed by atoms with van der Waals surface area (Å²) in [5.74, 6) is -0.968. The van der Waals surface area contributed by atoms with Gasteiger partial charge in [-0.05, 0) is 41.3 Å². The summed E-state index contributed by atoms with van der Waals surface area (Å²) in [5, 5.41) is 15.2. The fourth-order valence-corrected chi connectivity index (χ4v) is 3.55. The zero-order chi connectivity index (χ0) is 20.4. The van der Waals surface area contributed by atoms with Gasteiger partial charge >= 0.3 is 11.6 Å². The van der Waals surface area contributed by atoms with Crippen LogP contribution in [0, 0.1) is 15.9 Å². The van der Waals surface area contributed by atoms with Crippen molar-refractivity contribution in [3.8, 4) is 5.88 Å². The third-order valence-electron chi connectivity index (χ3n) is 4.52. The Morgan fingerprint density at radius 1 is 1.55 bits per heavy atom. The maximum atomic E-state index is 14.8. The Bertz CT molecular complexity index is 976. The molecule has 2 aromatic rings. The van der Waals surface area contributed by atoms with E-state index < -0.39 is 10.7 Å². The van der Waals surface area contributed by atoms with Crippen molar-refractivity contribution in [1.29, 1.82) is 0 Å². The van der Waals surface area contributed by atoms with Crippen LogP contribution < -0.4 is 10.1 Å². The van der Waals surface area contributed by atoms with Crippen molar-refractivity contribution in [3.05, 3.63) is 43.5 Å². The normalized spacial score (nSPS) is 14.9. The number of hydrogen-bond donors (Lipinski definition) is 1. The smallest absolute Gasteiger partial charge is 0.354 e. The first-order chi connectivity index (χ1) is 13.3. The van der Waals surface area contributed by atoms with Crippen LogP contribution >= 0.6 is 27.5 Å². The number of anilines is 1. The van der Waals surface area contributed by atoms with Crippen LogP contribution in [0.4, 0.5) is 15.8 Å². The van der Waals surface area contributed by atoms with Crippen molar-refractivity contribution in [2.75, 3.05) is 25.5 Å². The first kappa shape index (κ1) is 25.2. The Kier molecular flexibility index (Phi) is 9.54. The third kappa shape index (κ3) is 5.40. The molecule has 1 aliphatic heterocycles. The van der Waals surface area contributed by atoms with E-state index in [-0.39, 0.29) is 107 Å². The minimum absolute atomic E-state index is 0. The summed E-state index contributed by atoms with van der Waals surface area (Å²) in [5.41, 5.74) is 0.625. The van der Waals surface area contributed by atoms with E-state index in [0.29, 0.717) is 6.54 Å². The van der Waals surface area contributed by atoms with Crippen LogP contribution in [0.15, 0.2) is 22.5 Å². The van der Waals surface area contributed by atoms with Crippen LogP contribution in [0.3, 0.4) is 0 Å². The fraction of sp³-hybridized carbons (Fsp3) is 0.389. The van der Waals surface area contributed by atoms with Crippen LogP contribution in [0.2, 0.25) is 5.02 Å². The number of nitrogens with zero attached hydrogens (tertiary/aromatic N) is 3. The zero-order valence-electron chi connectivity index (χ0n) is 16.4. The molecule has 1 saturated heterocycles. The molecular formula is C18H19BrClCsFN4O3. The average Bonchev–Trinajstić information content (AvgIpc) is 3.07. The molecule has 0 unspecified atom stereocenters. The first-order valence-electron chi connectivity index (χ1n) is 8.81. The number of halogens is 3. The van der Waals surface area contributed by atoms with Gasteiger partial charge in [-0.1, -0.05) is 18.5 Å². The van der Waals surface area contributed by atoms with Crippen LogP contribution in [0.1, 0.15) is 26.2 Å². The summed E-state index contributed by atoms with van der Waals surface area (Å²) in [6.45, 7) is 3.26. The summed E-state index contributed by atoms with van der Waals surface area (Å²) in [6.07, 6.45) is 3.94. The Morgan fingerprint density at radius 2 is 2.28 bits per heavy atom. The van der Waals surface area contributed by atoms with E-state index in [1.165, 1.54) is 12.3 Å². The minimum atomic E-state index is -0.701. The second kappa shape index (κ2) is 11.0. The van der Waals surface area contributed by atoms with Crippen molar-refractivity contribution < 1.29 is 14.1 Å². The fourth-order valence-electron chi connectivity index (χ4n) is 3.06. The van der Waals surface area contributed by atoms with Gasteiger partial charge in [-0.3, -0.25) is 10.1 Å². The largest absolute Gasteiger partial charge is 0.440 e. The molecule has 1 N–H and O–H groups in total. The van der Waals surface area contributed by atoms with E-state index in [2.05, 4.69) is 26.2 Å². The molecule has 1 aliphatic rings. The van der Waals surface area contributed by atoms with Crippen molar-refractivity contribution in [1.82, 2.24) is 9.88 Å². The SMILES string of the molecule is CCCNc1c([N+](=O)[O-])c(O/C=C2/CCCN2C)nc2c(F)c(Br)c(Cl)cc12.[Cs]. The maximum absolute atomic E-state index is 14.8. The summed E-state index contributed by atoms with van der Waals surface area (Å²) in [6, 6.07) is 1.45. The molecule has 0 spiro atoms. The minimum Gasteiger partial charge on any atom is -0.440 e. The van der Waals surface area contributed by atoms with E-state index in [9.17, 15) is 14.5 Å². The molecule has 1 radical (unpaired) electrons. The van der Waals surface area contributed by atoms with Crippen molar-refractivity contribution in [2.45, 2.75) is 26.2 Å². The summed E-state index contributed by atoms with van der Waals surface area (Å²) >= 11 is 9.16. The molecular weight excluding hydrogens is 587 g/mol. The van der Waals surface area contributed by atoms with E-state index in [4.69, 9.17) is 16.3 Å². The topological polar surface area (TPSA) is 80.5 Å². The van der Waals surface area contributed by atoms with Crippen molar-refractivity contribution >= 4 is 119 Å². The number of aromatic nitrogens is 1. The first-order valence-corrected chi connectivity index (χ1v) is 9.98. The molecule has 1 fully saturated rings. The number of nitrogens with one attached hydrogen (secondary N) is 1. The van der Waals surface area contributed by atoms with Gasteiger partial charge in [0.2, 0.25) is 0 Å². The molecule has 3 rings (SSSR count). The Morgan fingerprint density at radius 3 is 2.86 bits per heavy atom. The number of allylic oxidation sites excluding steroid dienone is 1. The van der Waals surface area contributed by atoms with Gasteiger partial charge in [0, 0.05) is 100 Å². The number of ether oxygens (including phenoxy) is 1. The predicted octanol–water partition coefficient (Wildman–Crippen LogP) is 5.08. The molecule has 2 heterocycles. The van der Waals surface area contributed by atoms with E-state index in [0.717, 1.165) is 31.5 Å². The summed E-state index contributed by atoms with van der Waals surface area (Å²) in [7, 11) is 1.91. The average molecular weight is 607 g/mol. The molecule has 11 heteroatoms. The van der Waals surface area contributed by atoms with Crippen molar-refractivity contribution in [3.63, 3.8) is 0 Å². The van der Waals surface area contributed by atoms with E-state index >= 15 is 0 Å². The number of likely N-dealkylation sites (tertiary alicyclic amines) is 1. The number of benzene rings is 1. The second-order valence-electron chi connectivity index (χ2n) is 6.46. The number of hydrogen-bond acceptors (Lipinski definition) is 6. The quantitative estimate of drug-likeness (QED) is 0.214. The second-order valence-corrected chi connectivity index (χ2v) is 7.66. The van der Waals surface area contributed by atoms with Gasteiger partial charge in [-0.2, -0.15) is 0 Å². The van der Waals surface area contributed by atoms with Gasteiger partial charge in [-0.25, -0.2) is 9.37 Å². The molecule has 7 nitrogen and oxygen atoms in total. The maximum Gasteiger partial charge on any atom is 0.354 e. The molecule has 0 aliphatic carbocycles. The molecule has 0 saturated carbocycles. The van der Waals surface area contributed by atoms with Crippen molar-refractivity contribution in [2.24, 2.45) is 0 Å². The zero-order valence-corrected chi connectivity index (χ0v) is 25.0. The number of rotatable bonds is 6. The number of fused-ring (bicyclic) bond motifs is 1. The van der Waals surface area contributed by atoms with Crippen LogP contribution in [-0.4, -0.2) is 104 Å². The van der Waals surface area contributed by atoms with Crippen LogP contribution in [0.25, 0.3) is 10.9 Å². The Balaban J connectivity index is 0.00000300. The molecule has 29 heavy (non-hydrogen) atoms. The van der Waals surface area contributed by atoms with Gasteiger partial charge < -0.3 is 15.0 Å². The molecule has 1 aromatic carbocycles. The molecule has 151 valence electrons.